The largest absolute Gasteiger partial charge is 0.465 e. The molecule has 5 rings (SSSR count). The highest BCUT2D eigenvalue weighted by molar-refractivity contribution is 6.30. The van der Waals surface area contributed by atoms with Crippen molar-refractivity contribution in [3.05, 3.63) is 95.0 Å². The van der Waals surface area contributed by atoms with E-state index in [2.05, 4.69) is 0 Å². The van der Waals surface area contributed by atoms with E-state index in [1.165, 1.54) is 0 Å². The Labute approximate surface area is 202 Å². The van der Waals surface area contributed by atoms with Crippen LogP contribution in [0.2, 0.25) is 5.02 Å². The van der Waals surface area contributed by atoms with Gasteiger partial charge >= 0.3 is 5.97 Å². The number of benzene rings is 3. The fraction of sp³-hybridized carbons (Fsp3) is 0.222. The van der Waals surface area contributed by atoms with Crippen molar-refractivity contribution in [2.75, 3.05) is 18.1 Å². The molecule has 4 aromatic rings. The molecule has 0 unspecified atom stereocenters. The minimum Gasteiger partial charge on any atom is -0.465 e. The quantitative estimate of drug-likeness (QED) is 0.290. The van der Waals surface area contributed by atoms with E-state index in [0.29, 0.717) is 23.9 Å². The van der Waals surface area contributed by atoms with Gasteiger partial charge in [-0.25, -0.2) is 4.98 Å². The number of nitrogens with zero attached hydrogens (tertiary/aromatic N) is 3. The maximum atomic E-state index is 13.9. The van der Waals surface area contributed by atoms with Gasteiger partial charge in [0.25, 0.3) is 0 Å². The van der Waals surface area contributed by atoms with Crippen molar-refractivity contribution in [3.8, 4) is 0 Å². The second-order valence-corrected chi connectivity index (χ2v) is 8.66. The number of aromatic nitrogens is 2. The standard InChI is InChI=1S/C27H24ClN3O3/c1-2-34-26(33)23-24(19-12-14-20(28)15-13-19)31-22-11-7-6-10-21(22)29-27(31)30(25(23)32)17-16-18-8-4-3-5-9-18/h3-15,23-24H,2,16-17H2,1H3/t23-,24-/m1/s1. The summed E-state index contributed by atoms with van der Waals surface area (Å²) < 4.78 is 7.39. The predicted molar refractivity (Wildman–Crippen MR) is 132 cm³/mol. The number of anilines is 1. The number of hydrogen-bond donors (Lipinski definition) is 0. The summed E-state index contributed by atoms with van der Waals surface area (Å²) in [5.41, 5.74) is 3.51. The van der Waals surface area contributed by atoms with Gasteiger partial charge in [0.05, 0.1) is 23.7 Å². The minimum absolute atomic E-state index is 0.192. The predicted octanol–water partition coefficient (Wildman–Crippen LogP) is 5.05. The fourth-order valence-corrected chi connectivity index (χ4v) is 4.73. The number of halogens is 1. The lowest BCUT2D eigenvalue weighted by atomic mass is 9.89. The highest BCUT2D eigenvalue weighted by Crippen LogP contribution is 2.41. The van der Waals surface area contributed by atoms with Crippen LogP contribution in [0.1, 0.15) is 24.1 Å². The van der Waals surface area contributed by atoms with E-state index in [9.17, 15) is 9.59 Å². The van der Waals surface area contributed by atoms with Crippen LogP contribution in [0.4, 0.5) is 5.95 Å². The summed E-state index contributed by atoms with van der Waals surface area (Å²) in [5, 5.41) is 0.582. The first-order valence-electron chi connectivity index (χ1n) is 11.3. The van der Waals surface area contributed by atoms with Crippen LogP contribution in [-0.4, -0.2) is 34.6 Å². The molecule has 7 heteroatoms. The third-order valence-corrected chi connectivity index (χ3v) is 6.42. The van der Waals surface area contributed by atoms with Gasteiger partial charge in [-0.2, -0.15) is 0 Å². The molecular formula is C27H24ClN3O3. The molecule has 34 heavy (non-hydrogen) atoms. The highest BCUT2D eigenvalue weighted by Gasteiger charge is 2.47. The van der Waals surface area contributed by atoms with Crippen LogP contribution in [0.5, 0.6) is 0 Å². The number of carbonyl (C=O) groups is 2. The van der Waals surface area contributed by atoms with Gasteiger partial charge in [-0.15, -0.1) is 0 Å². The Morgan fingerprint density at radius 1 is 1.00 bits per heavy atom. The molecule has 172 valence electrons. The van der Waals surface area contributed by atoms with E-state index in [0.717, 1.165) is 22.2 Å². The molecule has 1 amide bonds. The topological polar surface area (TPSA) is 64.4 Å². The Hall–Kier alpha value is -3.64. The molecule has 0 N–H and O–H groups in total. The SMILES string of the molecule is CCOC(=O)[C@H]1C(=O)N(CCc2ccccc2)c2nc3ccccc3n2[C@@H]1c1ccc(Cl)cc1. The zero-order valence-electron chi connectivity index (χ0n) is 18.7. The van der Waals surface area contributed by atoms with Gasteiger partial charge in [0.1, 0.15) is 0 Å². The Kier molecular flexibility index (Phi) is 6.07. The maximum Gasteiger partial charge on any atom is 0.321 e. The van der Waals surface area contributed by atoms with E-state index in [4.69, 9.17) is 21.3 Å². The molecule has 0 fully saturated rings. The number of imidazole rings is 1. The molecular weight excluding hydrogens is 450 g/mol. The van der Waals surface area contributed by atoms with Gasteiger partial charge in [-0.05, 0) is 48.7 Å². The van der Waals surface area contributed by atoms with Crippen molar-refractivity contribution in [1.29, 1.82) is 0 Å². The normalized spacial score (nSPS) is 17.6. The average molecular weight is 474 g/mol. The second-order valence-electron chi connectivity index (χ2n) is 8.22. The van der Waals surface area contributed by atoms with Crippen LogP contribution in [0.3, 0.4) is 0 Å². The smallest absolute Gasteiger partial charge is 0.321 e. The summed E-state index contributed by atoms with van der Waals surface area (Å²) in [6.07, 6.45) is 0.636. The number of ether oxygens (including phenoxy) is 1. The van der Waals surface area contributed by atoms with E-state index in [1.54, 1.807) is 24.0 Å². The first-order valence-corrected chi connectivity index (χ1v) is 11.7. The van der Waals surface area contributed by atoms with Gasteiger partial charge in [0.2, 0.25) is 11.9 Å². The Morgan fingerprint density at radius 3 is 2.44 bits per heavy atom. The van der Waals surface area contributed by atoms with Gasteiger partial charge in [-0.3, -0.25) is 14.5 Å². The van der Waals surface area contributed by atoms with Gasteiger partial charge in [0.15, 0.2) is 5.92 Å². The van der Waals surface area contributed by atoms with Crippen molar-refractivity contribution in [2.45, 2.75) is 19.4 Å². The first-order chi connectivity index (χ1) is 16.6. The summed E-state index contributed by atoms with van der Waals surface area (Å²) in [7, 11) is 0. The van der Waals surface area contributed by atoms with E-state index < -0.39 is 17.9 Å². The number of esters is 1. The number of amides is 1. The minimum atomic E-state index is -1.04. The van der Waals surface area contributed by atoms with E-state index >= 15 is 0 Å². The number of carbonyl (C=O) groups excluding carboxylic acids is 2. The number of fused-ring (bicyclic) bond motifs is 3. The first kappa shape index (κ1) is 22.2. The summed E-state index contributed by atoms with van der Waals surface area (Å²) in [4.78, 5) is 33.6. The van der Waals surface area contributed by atoms with Gasteiger partial charge in [-0.1, -0.05) is 66.2 Å². The van der Waals surface area contributed by atoms with Gasteiger partial charge < -0.3 is 9.30 Å². The molecule has 0 spiro atoms. The summed E-state index contributed by atoms with van der Waals surface area (Å²) in [6.45, 7) is 2.33. The molecule has 0 saturated carbocycles. The number of hydrogen-bond acceptors (Lipinski definition) is 4. The Balaban J connectivity index is 1.68. The molecule has 3 aromatic carbocycles. The Morgan fingerprint density at radius 2 is 1.71 bits per heavy atom. The van der Waals surface area contributed by atoms with Crippen molar-refractivity contribution in [3.63, 3.8) is 0 Å². The molecule has 0 aliphatic carbocycles. The summed E-state index contributed by atoms with van der Waals surface area (Å²) in [5.74, 6) is -1.36. The van der Waals surface area contributed by atoms with Crippen LogP contribution in [0.25, 0.3) is 11.0 Å². The van der Waals surface area contributed by atoms with Crippen molar-refractivity contribution in [1.82, 2.24) is 9.55 Å². The number of rotatable bonds is 6. The molecule has 2 atom stereocenters. The molecule has 0 saturated heterocycles. The number of para-hydroxylation sites is 2. The zero-order chi connectivity index (χ0) is 23.7. The lowest BCUT2D eigenvalue weighted by molar-refractivity contribution is -0.153. The lowest BCUT2D eigenvalue weighted by Gasteiger charge is -2.38. The average Bonchev–Trinajstić information content (AvgIpc) is 3.23. The van der Waals surface area contributed by atoms with E-state index in [-0.39, 0.29) is 12.5 Å². The molecule has 6 nitrogen and oxygen atoms in total. The molecule has 0 bridgehead atoms. The Bertz CT molecular complexity index is 1330. The molecule has 2 heterocycles. The van der Waals surface area contributed by atoms with Crippen molar-refractivity contribution in [2.24, 2.45) is 5.92 Å². The molecule has 1 aromatic heterocycles. The second kappa shape index (κ2) is 9.31. The maximum absolute atomic E-state index is 13.9. The summed E-state index contributed by atoms with van der Waals surface area (Å²) >= 11 is 6.14. The van der Waals surface area contributed by atoms with Crippen LogP contribution < -0.4 is 4.90 Å². The molecule has 0 radical (unpaired) electrons. The van der Waals surface area contributed by atoms with E-state index in [1.807, 2.05) is 71.3 Å². The van der Waals surface area contributed by atoms with Crippen LogP contribution >= 0.6 is 11.6 Å². The third-order valence-electron chi connectivity index (χ3n) is 6.16. The van der Waals surface area contributed by atoms with Crippen LogP contribution in [0.15, 0.2) is 78.9 Å². The fourth-order valence-electron chi connectivity index (χ4n) is 4.61. The van der Waals surface area contributed by atoms with Crippen molar-refractivity contribution >= 4 is 40.5 Å². The van der Waals surface area contributed by atoms with Crippen molar-refractivity contribution < 1.29 is 14.3 Å². The zero-order valence-corrected chi connectivity index (χ0v) is 19.5. The molecule has 1 aliphatic heterocycles. The monoisotopic (exact) mass is 473 g/mol. The summed E-state index contributed by atoms with van der Waals surface area (Å²) in [6, 6.07) is 24.3. The third kappa shape index (κ3) is 3.94. The highest BCUT2D eigenvalue weighted by atomic mass is 35.5. The van der Waals surface area contributed by atoms with Gasteiger partial charge in [0, 0.05) is 11.6 Å². The lowest BCUT2D eigenvalue weighted by Crippen LogP contribution is -2.50. The van der Waals surface area contributed by atoms with Crippen LogP contribution in [0, 0.1) is 5.92 Å². The van der Waals surface area contributed by atoms with Crippen LogP contribution in [-0.2, 0) is 20.7 Å². The molecule has 1 aliphatic rings.